The van der Waals surface area contributed by atoms with Crippen molar-refractivity contribution < 1.29 is 27.8 Å². The number of hydrogen-bond donors (Lipinski definition) is 2. The first-order valence-electron chi connectivity index (χ1n) is 6.01. The van der Waals surface area contributed by atoms with Gasteiger partial charge in [-0.15, -0.1) is 0 Å². The second kappa shape index (κ2) is 7.25. The summed E-state index contributed by atoms with van der Waals surface area (Å²) < 4.78 is 39.8. The Morgan fingerprint density at radius 2 is 2.05 bits per heavy atom. The molecule has 20 heavy (non-hydrogen) atoms. The maximum absolute atomic E-state index is 11.8. The van der Waals surface area contributed by atoms with Crippen LogP contribution in [0.5, 0.6) is 0 Å². The zero-order valence-corrected chi connectivity index (χ0v) is 10.9. The molecule has 0 aliphatic carbocycles. The van der Waals surface area contributed by atoms with Crippen LogP contribution in [0.3, 0.4) is 0 Å². The lowest BCUT2D eigenvalue weighted by molar-refractivity contribution is -0.174. The number of aliphatic hydroxyl groups excluding tert-OH is 1. The van der Waals surface area contributed by atoms with E-state index in [-0.39, 0.29) is 13.0 Å². The van der Waals surface area contributed by atoms with Crippen LogP contribution in [0.4, 0.5) is 18.9 Å². The highest BCUT2D eigenvalue weighted by atomic mass is 19.4. The first kappa shape index (κ1) is 16.5. The first-order valence-corrected chi connectivity index (χ1v) is 6.01. The van der Waals surface area contributed by atoms with Crippen LogP contribution in [0.1, 0.15) is 25.0 Å². The van der Waals surface area contributed by atoms with Crippen LogP contribution in [0.25, 0.3) is 0 Å². The summed E-state index contributed by atoms with van der Waals surface area (Å²) in [5.74, 6) is -0.472. The highest BCUT2D eigenvalue weighted by molar-refractivity contribution is 5.91. The fraction of sp³-hybridized carbons (Fsp3) is 0.462. The molecule has 0 spiro atoms. The molecule has 0 aromatic heterocycles. The van der Waals surface area contributed by atoms with E-state index in [9.17, 15) is 23.1 Å². The van der Waals surface area contributed by atoms with Crippen LogP contribution in [-0.2, 0) is 9.53 Å². The quantitative estimate of drug-likeness (QED) is 0.792. The van der Waals surface area contributed by atoms with Crippen molar-refractivity contribution in [2.45, 2.75) is 25.6 Å². The molecule has 0 fully saturated rings. The van der Waals surface area contributed by atoms with Crippen LogP contribution in [0.2, 0.25) is 0 Å². The number of rotatable bonds is 6. The average molecular weight is 291 g/mol. The Labute approximate surface area is 114 Å². The number of carbonyl (C=O) groups is 1. The Kier molecular flexibility index (Phi) is 5.97. The van der Waals surface area contributed by atoms with Gasteiger partial charge in [-0.25, -0.2) is 0 Å². The summed E-state index contributed by atoms with van der Waals surface area (Å²) >= 11 is 0. The Morgan fingerprint density at radius 3 is 2.65 bits per heavy atom. The minimum absolute atomic E-state index is 0.190. The maximum Gasteiger partial charge on any atom is 0.411 e. The highest BCUT2D eigenvalue weighted by Gasteiger charge is 2.27. The van der Waals surface area contributed by atoms with E-state index in [1.807, 2.05) is 0 Å². The maximum atomic E-state index is 11.8. The van der Waals surface area contributed by atoms with Crippen LogP contribution in [0.15, 0.2) is 24.3 Å². The molecule has 2 N–H and O–H groups in total. The summed E-state index contributed by atoms with van der Waals surface area (Å²) in [6, 6.07) is 6.66. The Bertz CT molecular complexity index is 447. The fourth-order valence-electron chi connectivity index (χ4n) is 1.54. The van der Waals surface area contributed by atoms with Gasteiger partial charge in [-0.3, -0.25) is 4.79 Å². The molecule has 1 unspecified atom stereocenters. The zero-order valence-electron chi connectivity index (χ0n) is 10.9. The van der Waals surface area contributed by atoms with Crippen LogP contribution < -0.4 is 5.32 Å². The number of anilines is 1. The third-order valence-corrected chi connectivity index (χ3v) is 2.42. The molecule has 1 atom stereocenters. The Hall–Kier alpha value is -1.60. The van der Waals surface area contributed by atoms with Gasteiger partial charge in [0, 0.05) is 11.3 Å². The molecule has 1 amide bonds. The number of hydrogen-bond acceptors (Lipinski definition) is 3. The molecule has 1 aromatic carbocycles. The van der Waals surface area contributed by atoms with Gasteiger partial charge >= 0.3 is 6.18 Å². The van der Waals surface area contributed by atoms with Crippen molar-refractivity contribution in [1.82, 2.24) is 0 Å². The summed E-state index contributed by atoms with van der Waals surface area (Å²) in [4.78, 5) is 11.6. The minimum atomic E-state index is -4.39. The number of halogens is 3. The zero-order chi connectivity index (χ0) is 15.2. The minimum Gasteiger partial charge on any atom is -0.389 e. The highest BCUT2D eigenvalue weighted by Crippen LogP contribution is 2.22. The lowest BCUT2D eigenvalue weighted by atomic mass is 10.1. The van der Waals surface area contributed by atoms with Gasteiger partial charge in [0.2, 0.25) is 5.91 Å². The summed E-state index contributed by atoms with van der Waals surface area (Å²) in [6.07, 6.45) is -5.34. The lowest BCUT2D eigenvalue weighted by Crippen LogP contribution is -2.20. The average Bonchev–Trinajstić information content (AvgIpc) is 2.34. The van der Waals surface area contributed by atoms with E-state index in [1.54, 1.807) is 31.2 Å². The molecule has 1 rings (SSSR count). The number of carbonyl (C=O) groups excluding carboxylic acids is 1. The summed E-state index contributed by atoms with van der Waals surface area (Å²) in [5.41, 5.74) is 0.973. The molecule has 0 aliphatic rings. The van der Waals surface area contributed by atoms with Crippen molar-refractivity contribution in [3.63, 3.8) is 0 Å². The standard InChI is InChI=1S/C13H16F3NO3/c1-9(18)10-4-2-3-5-11(10)17-12(19)6-7-20-8-13(14,15)16/h2-5,9,18H,6-8H2,1H3,(H,17,19). The number of para-hydroxylation sites is 1. The Balaban J connectivity index is 2.43. The molecule has 0 bridgehead atoms. The normalized spacial score (nSPS) is 13.1. The molecular formula is C13H16F3NO3. The molecule has 0 aliphatic heterocycles. The van der Waals surface area contributed by atoms with Crippen LogP contribution >= 0.6 is 0 Å². The van der Waals surface area contributed by atoms with Crippen molar-refractivity contribution >= 4 is 11.6 Å². The molecular weight excluding hydrogens is 275 g/mol. The van der Waals surface area contributed by atoms with E-state index in [0.717, 1.165) is 0 Å². The van der Waals surface area contributed by atoms with Gasteiger partial charge in [0.05, 0.1) is 19.1 Å². The predicted molar refractivity (Wildman–Crippen MR) is 67.2 cm³/mol. The van der Waals surface area contributed by atoms with Crippen molar-refractivity contribution in [2.75, 3.05) is 18.5 Å². The van der Waals surface area contributed by atoms with Crippen molar-refractivity contribution in [1.29, 1.82) is 0 Å². The monoisotopic (exact) mass is 291 g/mol. The second-order valence-corrected chi connectivity index (χ2v) is 4.23. The summed E-state index contributed by atoms with van der Waals surface area (Å²) in [7, 11) is 0. The van der Waals surface area contributed by atoms with E-state index in [4.69, 9.17) is 0 Å². The molecule has 0 heterocycles. The van der Waals surface area contributed by atoms with Crippen molar-refractivity contribution in [3.05, 3.63) is 29.8 Å². The van der Waals surface area contributed by atoms with Gasteiger partial charge in [0.25, 0.3) is 0 Å². The van der Waals surface area contributed by atoms with Crippen LogP contribution in [-0.4, -0.2) is 30.4 Å². The Morgan fingerprint density at radius 1 is 1.40 bits per heavy atom. The fourth-order valence-corrected chi connectivity index (χ4v) is 1.54. The largest absolute Gasteiger partial charge is 0.411 e. The molecule has 0 radical (unpaired) electrons. The van der Waals surface area contributed by atoms with E-state index in [1.165, 1.54) is 0 Å². The topological polar surface area (TPSA) is 58.6 Å². The van der Waals surface area contributed by atoms with Gasteiger partial charge in [0.15, 0.2) is 0 Å². The van der Waals surface area contributed by atoms with Gasteiger partial charge < -0.3 is 15.2 Å². The third-order valence-electron chi connectivity index (χ3n) is 2.42. The molecule has 0 saturated heterocycles. The number of ether oxygens (including phenoxy) is 1. The molecule has 7 heteroatoms. The van der Waals surface area contributed by atoms with E-state index in [2.05, 4.69) is 10.1 Å². The second-order valence-electron chi connectivity index (χ2n) is 4.23. The third kappa shape index (κ3) is 6.03. The van der Waals surface area contributed by atoms with Gasteiger partial charge in [-0.2, -0.15) is 13.2 Å². The molecule has 4 nitrogen and oxygen atoms in total. The smallest absolute Gasteiger partial charge is 0.389 e. The number of alkyl halides is 3. The van der Waals surface area contributed by atoms with Gasteiger partial charge in [-0.05, 0) is 13.0 Å². The lowest BCUT2D eigenvalue weighted by Gasteiger charge is -2.13. The van der Waals surface area contributed by atoms with E-state index < -0.39 is 24.8 Å². The summed E-state index contributed by atoms with van der Waals surface area (Å²) in [5, 5.41) is 12.0. The number of amides is 1. The number of nitrogens with one attached hydrogen (secondary N) is 1. The van der Waals surface area contributed by atoms with Crippen molar-refractivity contribution in [3.8, 4) is 0 Å². The predicted octanol–water partition coefficient (Wildman–Crippen LogP) is 2.65. The number of benzene rings is 1. The van der Waals surface area contributed by atoms with E-state index in [0.29, 0.717) is 11.3 Å². The summed E-state index contributed by atoms with van der Waals surface area (Å²) in [6.45, 7) is -0.135. The van der Waals surface area contributed by atoms with E-state index >= 15 is 0 Å². The van der Waals surface area contributed by atoms with Crippen LogP contribution in [0, 0.1) is 0 Å². The first-order chi connectivity index (χ1) is 9.29. The van der Waals surface area contributed by atoms with Gasteiger partial charge in [0.1, 0.15) is 6.61 Å². The van der Waals surface area contributed by atoms with Gasteiger partial charge in [-0.1, -0.05) is 18.2 Å². The SMILES string of the molecule is CC(O)c1ccccc1NC(=O)CCOCC(F)(F)F. The molecule has 112 valence electrons. The van der Waals surface area contributed by atoms with Crippen molar-refractivity contribution in [2.24, 2.45) is 0 Å². The molecule has 0 saturated carbocycles. The number of aliphatic hydroxyl groups is 1. The molecule has 1 aromatic rings.